The topological polar surface area (TPSA) is 151 Å². The predicted molar refractivity (Wildman–Crippen MR) is 109 cm³/mol. The van der Waals surface area contributed by atoms with Crippen LogP contribution in [-0.2, 0) is 33.5 Å². The van der Waals surface area contributed by atoms with Crippen molar-refractivity contribution >= 4 is 41.5 Å². The van der Waals surface area contributed by atoms with Crippen LogP contribution in [0.4, 0.5) is 0 Å². The van der Waals surface area contributed by atoms with E-state index in [1.165, 1.54) is 19.1 Å². The van der Waals surface area contributed by atoms with E-state index in [1.54, 1.807) is 18.2 Å². The number of hydroxylamine groups is 2. The zero-order valence-electron chi connectivity index (χ0n) is 17.1. The second kappa shape index (κ2) is 9.40. The summed E-state index contributed by atoms with van der Waals surface area (Å²) in [6.07, 6.45) is 0. The maximum atomic E-state index is 13.1. The molecule has 2 amide bonds. The highest BCUT2D eigenvalue weighted by molar-refractivity contribution is 8.00. The molecule has 3 atom stereocenters. The number of ether oxygens (including phenoxy) is 1. The Hall–Kier alpha value is -3.38. The standard InChI is InChI=1S/C20H20N2O9S/c1-10(23)31-8-12-9-32-18-15(17(25)21(18)14(12)20(28)29)22(30-2)16(24)13(19(26)27)11-6-4-3-5-7-11/h3-7,13,15,18H,8-9H2,1-2H3,(H,26,27)(H,28,29)/t13?,15?,18-/m1/s1. The zero-order chi connectivity index (χ0) is 23.6. The Morgan fingerprint density at radius 2 is 1.88 bits per heavy atom. The van der Waals surface area contributed by atoms with Crippen LogP contribution < -0.4 is 0 Å². The number of fused-ring (bicyclic) bond motifs is 1. The third-order valence-corrected chi connectivity index (χ3v) is 6.29. The number of benzene rings is 1. The number of carbonyl (C=O) groups excluding carboxylic acids is 3. The van der Waals surface area contributed by atoms with Gasteiger partial charge >= 0.3 is 17.9 Å². The van der Waals surface area contributed by atoms with Crippen LogP contribution in [0.1, 0.15) is 18.4 Å². The number of carboxylic acids is 2. The Balaban J connectivity index is 1.88. The van der Waals surface area contributed by atoms with Gasteiger partial charge in [0.15, 0.2) is 12.0 Å². The number of carboxylic acid groups (broad SMARTS) is 2. The molecule has 0 bridgehead atoms. The zero-order valence-corrected chi connectivity index (χ0v) is 17.9. The van der Waals surface area contributed by atoms with Gasteiger partial charge in [-0.05, 0) is 5.56 Å². The van der Waals surface area contributed by atoms with E-state index in [4.69, 9.17) is 9.57 Å². The number of carbonyl (C=O) groups is 5. The van der Waals surface area contributed by atoms with Crippen molar-refractivity contribution in [3.05, 3.63) is 47.2 Å². The lowest BCUT2D eigenvalue weighted by Gasteiger charge is -2.51. The first-order valence-corrected chi connectivity index (χ1v) is 10.4. The summed E-state index contributed by atoms with van der Waals surface area (Å²) in [4.78, 5) is 66.9. The van der Waals surface area contributed by atoms with E-state index in [0.717, 1.165) is 23.8 Å². The molecule has 170 valence electrons. The Labute approximate surface area is 186 Å². The summed E-state index contributed by atoms with van der Waals surface area (Å²) in [5.74, 6) is -6.58. The Bertz CT molecular complexity index is 994. The van der Waals surface area contributed by atoms with E-state index in [0.29, 0.717) is 5.06 Å². The van der Waals surface area contributed by atoms with Gasteiger partial charge in [0, 0.05) is 18.2 Å². The smallest absolute Gasteiger partial charge is 0.352 e. The first-order chi connectivity index (χ1) is 15.2. The van der Waals surface area contributed by atoms with Crippen LogP contribution in [-0.4, -0.2) is 80.8 Å². The first-order valence-electron chi connectivity index (χ1n) is 9.37. The fourth-order valence-electron chi connectivity index (χ4n) is 3.55. The van der Waals surface area contributed by atoms with Gasteiger partial charge in [0.2, 0.25) is 0 Å². The second-order valence-electron chi connectivity index (χ2n) is 6.92. The Morgan fingerprint density at radius 1 is 1.22 bits per heavy atom. The fourth-order valence-corrected chi connectivity index (χ4v) is 4.91. The SMILES string of the molecule is CON(C(=O)C(C(=O)O)c1ccccc1)C1C(=O)N2C(C(=O)O)=C(COC(C)=O)CS[C@H]12. The van der Waals surface area contributed by atoms with Crippen LogP contribution >= 0.6 is 11.8 Å². The molecule has 2 N–H and O–H groups in total. The van der Waals surface area contributed by atoms with Crippen molar-refractivity contribution in [2.75, 3.05) is 19.5 Å². The summed E-state index contributed by atoms with van der Waals surface area (Å²) in [7, 11) is 1.13. The van der Waals surface area contributed by atoms with E-state index < -0.39 is 47.1 Å². The number of nitrogens with zero attached hydrogens (tertiary/aromatic N) is 2. The molecule has 1 saturated heterocycles. The number of hydrogen-bond acceptors (Lipinski definition) is 8. The molecular formula is C20H20N2O9S. The molecule has 0 aromatic heterocycles. The minimum atomic E-state index is -1.61. The minimum absolute atomic E-state index is 0.132. The molecule has 0 saturated carbocycles. The van der Waals surface area contributed by atoms with Crippen LogP contribution in [0.3, 0.4) is 0 Å². The van der Waals surface area contributed by atoms with Crippen molar-refractivity contribution in [1.29, 1.82) is 0 Å². The van der Waals surface area contributed by atoms with Gasteiger partial charge in [0.05, 0.1) is 7.11 Å². The number of hydrogen-bond donors (Lipinski definition) is 2. The molecule has 0 radical (unpaired) electrons. The van der Waals surface area contributed by atoms with E-state index in [9.17, 15) is 34.2 Å². The van der Waals surface area contributed by atoms with Crippen molar-refractivity contribution in [2.45, 2.75) is 24.3 Å². The quantitative estimate of drug-likeness (QED) is 0.240. The fraction of sp³-hybridized carbons (Fsp3) is 0.350. The van der Waals surface area contributed by atoms with Gasteiger partial charge < -0.3 is 14.9 Å². The Kier molecular flexibility index (Phi) is 6.84. The summed E-state index contributed by atoms with van der Waals surface area (Å²) >= 11 is 1.15. The van der Waals surface area contributed by atoms with Crippen LogP contribution in [0.15, 0.2) is 41.6 Å². The van der Waals surface area contributed by atoms with Gasteiger partial charge in [-0.25, -0.2) is 9.86 Å². The summed E-state index contributed by atoms with van der Waals surface area (Å²) < 4.78 is 4.88. The first kappa shape index (κ1) is 23.3. The lowest BCUT2D eigenvalue weighted by Crippen LogP contribution is -2.71. The third-order valence-electron chi connectivity index (χ3n) is 4.96. The molecule has 2 aliphatic heterocycles. The number of aliphatic carboxylic acids is 2. The van der Waals surface area contributed by atoms with Crippen LogP contribution in [0, 0.1) is 0 Å². The molecule has 12 heteroatoms. The van der Waals surface area contributed by atoms with Gasteiger partial charge in [0.1, 0.15) is 17.7 Å². The van der Waals surface area contributed by atoms with Gasteiger partial charge in [-0.1, -0.05) is 30.3 Å². The molecule has 3 rings (SSSR count). The Morgan fingerprint density at radius 3 is 2.41 bits per heavy atom. The summed E-state index contributed by atoms with van der Waals surface area (Å²) in [6, 6.07) is 6.56. The molecule has 2 unspecified atom stereocenters. The van der Waals surface area contributed by atoms with Crippen molar-refractivity contribution < 1.29 is 43.8 Å². The summed E-state index contributed by atoms with van der Waals surface area (Å²) in [5, 5.41) is 19.2. The maximum Gasteiger partial charge on any atom is 0.352 e. The highest BCUT2D eigenvalue weighted by atomic mass is 32.2. The predicted octanol–water partition coefficient (Wildman–Crippen LogP) is 0.430. The molecule has 1 aromatic carbocycles. The van der Waals surface area contributed by atoms with E-state index in [2.05, 4.69) is 0 Å². The van der Waals surface area contributed by atoms with Gasteiger partial charge in [-0.3, -0.25) is 28.9 Å². The molecule has 0 spiro atoms. The molecule has 32 heavy (non-hydrogen) atoms. The summed E-state index contributed by atoms with van der Waals surface area (Å²) in [6.45, 7) is 0.894. The number of amides is 2. The number of thioether (sulfide) groups is 1. The minimum Gasteiger partial charge on any atom is -0.480 e. The van der Waals surface area contributed by atoms with E-state index in [-0.39, 0.29) is 29.2 Å². The molecule has 0 aliphatic carbocycles. The normalized spacial score (nSPS) is 20.7. The van der Waals surface area contributed by atoms with E-state index >= 15 is 0 Å². The lowest BCUT2D eigenvalue weighted by atomic mass is 9.96. The van der Waals surface area contributed by atoms with Gasteiger partial charge in [0.25, 0.3) is 11.8 Å². The molecular weight excluding hydrogens is 444 g/mol. The highest BCUT2D eigenvalue weighted by Gasteiger charge is 2.58. The monoisotopic (exact) mass is 464 g/mol. The average Bonchev–Trinajstić information content (AvgIpc) is 2.75. The van der Waals surface area contributed by atoms with Crippen molar-refractivity contribution in [1.82, 2.24) is 9.96 Å². The second-order valence-corrected chi connectivity index (χ2v) is 8.03. The molecule has 1 fully saturated rings. The molecule has 2 aliphatic rings. The van der Waals surface area contributed by atoms with Crippen LogP contribution in [0.25, 0.3) is 0 Å². The van der Waals surface area contributed by atoms with Crippen molar-refractivity contribution in [3.8, 4) is 0 Å². The van der Waals surface area contributed by atoms with Crippen LogP contribution in [0.2, 0.25) is 0 Å². The van der Waals surface area contributed by atoms with Gasteiger partial charge in [-0.15, -0.1) is 11.8 Å². The van der Waals surface area contributed by atoms with Crippen LogP contribution in [0.5, 0.6) is 0 Å². The number of esters is 1. The third kappa shape index (κ3) is 4.18. The van der Waals surface area contributed by atoms with E-state index in [1.807, 2.05) is 0 Å². The van der Waals surface area contributed by atoms with Crippen molar-refractivity contribution in [3.63, 3.8) is 0 Å². The average molecular weight is 464 g/mol. The summed E-state index contributed by atoms with van der Waals surface area (Å²) in [5.41, 5.74) is 0.128. The number of β-lactam (4-membered cyclic amide) rings is 1. The maximum absolute atomic E-state index is 13.1. The highest BCUT2D eigenvalue weighted by Crippen LogP contribution is 2.43. The molecule has 11 nitrogen and oxygen atoms in total. The molecule has 1 aromatic rings. The largest absolute Gasteiger partial charge is 0.480 e. The van der Waals surface area contributed by atoms with Gasteiger partial charge in [-0.2, -0.15) is 0 Å². The number of rotatable bonds is 8. The lowest BCUT2D eigenvalue weighted by molar-refractivity contribution is -0.210. The van der Waals surface area contributed by atoms with Crippen molar-refractivity contribution in [2.24, 2.45) is 0 Å². The molecule has 2 heterocycles.